The normalized spacial score (nSPS) is 17.7. The first-order valence-corrected chi connectivity index (χ1v) is 8.54. The lowest BCUT2D eigenvalue weighted by Gasteiger charge is -2.30. The van der Waals surface area contributed by atoms with Gasteiger partial charge in [0.25, 0.3) is 0 Å². The van der Waals surface area contributed by atoms with Gasteiger partial charge in [-0.25, -0.2) is 0 Å². The van der Waals surface area contributed by atoms with Gasteiger partial charge in [-0.3, -0.25) is 9.59 Å². The quantitative estimate of drug-likeness (QED) is 0.309. The molecule has 1 aromatic rings. The van der Waals surface area contributed by atoms with Crippen LogP contribution in [0, 0.1) is 5.41 Å². The molecular formula is C14H8Cl2I2O2. The first kappa shape index (κ1) is 16.5. The minimum atomic E-state index is -1.45. The van der Waals surface area contributed by atoms with Gasteiger partial charge in [0.05, 0.1) is 0 Å². The van der Waals surface area contributed by atoms with E-state index in [0.29, 0.717) is 3.58 Å². The van der Waals surface area contributed by atoms with Crippen LogP contribution in [0.25, 0.3) is 5.57 Å². The summed E-state index contributed by atoms with van der Waals surface area (Å²) in [6, 6.07) is 9.77. The maximum absolute atomic E-state index is 11.7. The van der Waals surface area contributed by atoms with Gasteiger partial charge in [0, 0.05) is 7.16 Å². The fraction of sp³-hybridized carbons (Fsp3) is 0.143. The van der Waals surface area contributed by atoms with Crippen LogP contribution in [0.15, 0.2) is 43.6 Å². The van der Waals surface area contributed by atoms with Gasteiger partial charge in [0.1, 0.15) is 0 Å². The van der Waals surface area contributed by atoms with E-state index in [2.05, 4.69) is 22.6 Å². The Bertz CT molecular complexity index is 622. The van der Waals surface area contributed by atoms with E-state index in [1.807, 2.05) is 59.0 Å². The third-order valence-electron chi connectivity index (χ3n) is 3.17. The minimum absolute atomic E-state index is 0.187. The highest BCUT2D eigenvalue weighted by molar-refractivity contribution is 14.1. The zero-order chi connectivity index (χ0) is 14.9. The number of halogens is 4. The van der Waals surface area contributed by atoms with Crippen molar-refractivity contribution in [1.29, 1.82) is 0 Å². The Kier molecular flexibility index (Phi) is 5.31. The molecule has 1 aliphatic rings. The summed E-state index contributed by atoms with van der Waals surface area (Å²) in [6.45, 7) is 0. The number of hydrogen-bond donors (Lipinski definition) is 0. The van der Waals surface area contributed by atoms with Gasteiger partial charge in [0.15, 0.2) is 5.41 Å². The van der Waals surface area contributed by atoms with Crippen LogP contribution in [0.3, 0.4) is 0 Å². The maximum atomic E-state index is 11.7. The lowest BCUT2D eigenvalue weighted by atomic mass is 9.81. The lowest BCUT2D eigenvalue weighted by Crippen LogP contribution is -2.36. The first-order valence-electron chi connectivity index (χ1n) is 5.63. The van der Waals surface area contributed by atoms with Gasteiger partial charge in [-0.05, 0) is 85.9 Å². The summed E-state index contributed by atoms with van der Waals surface area (Å²) in [5.74, 6) is 0. The molecule has 0 saturated heterocycles. The fourth-order valence-electron chi connectivity index (χ4n) is 2.01. The molecule has 1 aromatic carbocycles. The van der Waals surface area contributed by atoms with Crippen LogP contribution < -0.4 is 0 Å². The standard InChI is InChI=1S/C14H8Cl2I2O2/c15-12(19)14(13(16)20)7-6-9(10(17)11(14)18)8-4-2-1-3-5-8/h1-6H,7H2. The Morgan fingerprint density at radius 2 is 1.60 bits per heavy atom. The molecule has 6 heteroatoms. The van der Waals surface area contributed by atoms with Crippen molar-refractivity contribution in [3.05, 3.63) is 49.1 Å². The summed E-state index contributed by atoms with van der Waals surface area (Å²) in [4.78, 5) is 23.5. The number of rotatable bonds is 3. The monoisotopic (exact) mass is 532 g/mol. The van der Waals surface area contributed by atoms with Crippen molar-refractivity contribution in [2.45, 2.75) is 6.42 Å². The summed E-state index contributed by atoms with van der Waals surface area (Å²) in [5.41, 5.74) is 0.573. The van der Waals surface area contributed by atoms with Crippen molar-refractivity contribution in [2.24, 2.45) is 5.41 Å². The van der Waals surface area contributed by atoms with Gasteiger partial charge in [-0.2, -0.15) is 0 Å². The molecule has 0 aromatic heterocycles. The van der Waals surface area contributed by atoms with E-state index in [4.69, 9.17) is 23.2 Å². The van der Waals surface area contributed by atoms with Gasteiger partial charge >= 0.3 is 0 Å². The summed E-state index contributed by atoms with van der Waals surface area (Å²) in [6.07, 6.45) is 2.03. The second-order valence-electron chi connectivity index (χ2n) is 4.27. The van der Waals surface area contributed by atoms with E-state index in [9.17, 15) is 9.59 Å². The largest absolute Gasteiger partial charge is 0.280 e. The summed E-state index contributed by atoms with van der Waals surface area (Å²) >= 11 is 15.4. The van der Waals surface area contributed by atoms with Crippen LogP contribution in [0.5, 0.6) is 0 Å². The summed E-state index contributed by atoms with van der Waals surface area (Å²) in [5, 5.41) is -1.47. The highest BCUT2D eigenvalue weighted by atomic mass is 127. The molecule has 2 rings (SSSR count). The van der Waals surface area contributed by atoms with E-state index in [1.165, 1.54) is 0 Å². The smallest absolute Gasteiger partial charge is 0.241 e. The van der Waals surface area contributed by atoms with Crippen LogP contribution in [0.2, 0.25) is 0 Å². The molecule has 0 amide bonds. The molecule has 0 atom stereocenters. The van der Waals surface area contributed by atoms with Crippen molar-refractivity contribution in [3.63, 3.8) is 0 Å². The SMILES string of the molecule is O=C(Cl)C1(C(=O)Cl)CC=C(c2ccccc2)C(I)=C1I. The van der Waals surface area contributed by atoms with Crippen molar-refractivity contribution < 1.29 is 9.59 Å². The summed E-state index contributed by atoms with van der Waals surface area (Å²) in [7, 11) is 0. The Labute approximate surface area is 153 Å². The molecular weight excluding hydrogens is 525 g/mol. The number of carbonyl (C=O) groups excluding carboxylic acids is 2. The number of carbonyl (C=O) groups is 2. The molecule has 0 N–H and O–H groups in total. The Balaban J connectivity index is 2.55. The molecule has 20 heavy (non-hydrogen) atoms. The van der Waals surface area contributed by atoms with Crippen molar-refractivity contribution in [1.82, 2.24) is 0 Å². The number of allylic oxidation sites excluding steroid dienone is 4. The second-order valence-corrected chi connectivity index (χ2v) is 7.11. The highest BCUT2D eigenvalue weighted by Crippen LogP contribution is 2.51. The molecule has 0 heterocycles. The maximum Gasteiger partial charge on any atom is 0.241 e. The number of hydrogen-bond acceptors (Lipinski definition) is 2. The zero-order valence-electron chi connectivity index (χ0n) is 10.00. The Morgan fingerprint density at radius 3 is 2.10 bits per heavy atom. The Hall–Kier alpha value is 0.0800. The fourth-order valence-corrected chi connectivity index (χ4v) is 4.89. The average molecular weight is 533 g/mol. The minimum Gasteiger partial charge on any atom is -0.280 e. The van der Waals surface area contributed by atoms with E-state index >= 15 is 0 Å². The van der Waals surface area contributed by atoms with E-state index in [-0.39, 0.29) is 6.42 Å². The van der Waals surface area contributed by atoms with Gasteiger partial charge in [-0.15, -0.1) is 0 Å². The molecule has 0 aliphatic heterocycles. The second kappa shape index (κ2) is 6.46. The van der Waals surface area contributed by atoms with E-state index < -0.39 is 15.9 Å². The lowest BCUT2D eigenvalue weighted by molar-refractivity contribution is -0.128. The van der Waals surface area contributed by atoms with Crippen molar-refractivity contribution in [3.8, 4) is 0 Å². The van der Waals surface area contributed by atoms with Crippen LogP contribution in [0.4, 0.5) is 0 Å². The molecule has 0 spiro atoms. The molecule has 0 fully saturated rings. The summed E-state index contributed by atoms with van der Waals surface area (Å²) < 4.78 is 1.40. The van der Waals surface area contributed by atoms with Crippen LogP contribution in [-0.2, 0) is 9.59 Å². The topological polar surface area (TPSA) is 34.1 Å². The molecule has 0 saturated carbocycles. The van der Waals surface area contributed by atoms with Crippen LogP contribution in [0.1, 0.15) is 12.0 Å². The molecule has 2 nitrogen and oxygen atoms in total. The highest BCUT2D eigenvalue weighted by Gasteiger charge is 2.49. The van der Waals surface area contributed by atoms with Gasteiger partial charge < -0.3 is 0 Å². The van der Waals surface area contributed by atoms with Gasteiger partial charge in [0.2, 0.25) is 10.5 Å². The number of benzene rings is 1. The van der Waals surface area contributed by atoms with Crippen molar-refractivity contribution in [2.75, 3.05) is 0 Å². The van der Waals surface area contributed by atoms with Gasteiger partial charge in [-0.1, -0.05) is 36.4 Å². The van der Waals surface area contributed by atoms with E-state index in [0.717, 1.165) is 14.7 Å². The molecule has 0 radical (unpaired) electrons. The van der Waals surface area contributed by atoms with Crippen molar-refractivity contribution >= 4 is 84.4 Å². The predicted octanol–water partition coefficient (Wildman–Crippen LogP) is 5.07. The molecule has 104 valence electrons. The first-order chi connectivity index (χ1) is 9.41. The van der Waals surface area contributed by atoms with Crippen LogP contribution in [-0.4, -0.2) is 10.5 Å². The zero-order valence-corrected chi connectivity index (χ0v) is 15.8. The average Bonchev–Trinajstić information content (AvgIpc) is 2.42. The van der Waals surface area contributed by atoms with Crippen LogP contribution >= 0.6 is 68.4 Å². The van der Waals surface area contributed by atoms with E-state index in [1.54, 1.807) is 0 Å². The molecule has 0 bridgehead atoms. The Morgan fingerprint density at radius 1 is 1.05 bits per heavy atom. The molecule has 0 unspecified atom stereocenters. The molecule has 1 aliphatic carbocycles. The third kappa shape index (κ3) is 2.71. The predicted molar refractivity (Wildman–Crippen MR) is 98.3 cm³/mol. The third-order valence-corrected chi connectivity index (χ3v) is 7.43.